The third kappa shape index (κ3) is 8.93. The summed E-state index contributed by atoms with van der Waals surface area (Å²) in [5.74, 6) is 0.161. The zero-order chi connectivity index (χ0) is 59.8. The SMILES string of the molecule is CCC1(CC)c2ccc(-c3ccc(-c4ccc5c(c4)-c4cc(-c6ccc(-c7ccc8c(c7)-c7ccc(N(c9ccccc9)c9ccccc9)cc7C8(CC)CC)s6)ccc4C5c4ccccc4)s3)cc2-c2ccc(N(c3ccccc3)c3ccccc3)cc21. The van der Waals surface area contributed by atoms with E-state index in [4.69, 9.17) is 0 Å². The van der Waals surface area contributed by atoms with Gasteiger partial charge in [-0.25, -0.2) is 0 Å². The first-order chi connectivity index (χ1) is 43.9. The summed E-state index contributed by atoms with van der Waals surface area (Å²) in [4.78, 5) is 9.93. The molecule has 0 aliphatic heterocycles. The fourth-order valence-electron chi connectivity index (χ4n) is 15.7. The van der Waals surface area contributed by atoms with Crippen molar-refractivity contribution >= 4 is 56.8 Å². The van der Waals surface area contributed by atoms with Crippen LogP contribution in [0.25, 0.3) is 75.1 Å². The highest BCUT2D eigenvalue weighted by Gasteiger charge is 2.43. The smallest absolute Gasteiger partial charge is 0.0465 e. The number of anilines is 6. The van der Waals surface area contributed by atoms with Crippen molar-refractivity contribution in [3.63, 3.8) is 0 Å². The Hall–Kier alpha value is -9.58. The van der Waals surface area contributed by atoms with E-state index < -0.39 is 0 Å². The Bertz CT molecular complexity index is 4420. The molecular formula is C85H68N2S2. The van der Waals surface area contributed by atoms with Crippen LogP contribution < -0.4 is 9.80 Å². The van der Waals surface area contributed by atoms with Gasteiger partial charge in [-0.3, -0.25) is 0 Å². The van der Waals surface area contributed by atoms with Crippen LogP contribution >= 0.6 is 22.7 Å². The second-order valence-electron chi connectivity index (χ2n) is 24.3. The number of hydrogen-bond acceptors (Lipinski definition) is 4. The zero-order valence-electron chi connectivity index (χ0n) is 50.8. The van der Waals surface area contributed by atoms with Crippen LogP contribution in [-0.2, 0) is 10.8 Å². The van der Waals surface area contributed by atoms with Gasteiger partial charge in [0.25, 0.3) is 0 Å². The van der Waals surface area contributed by atoms with Crippen molar-refractivity contribution in [3.05, 3.63) is 324 Å². The lowest BCUT2D eigenvalue weighted by Crippen LogP contribution is -2.23. The van der Waals surface area contributed by atoms with Crippen LogP contribution in [0.4, 0.5) is 34.1 Å². The Balaban J connectivity index is 0.719. The first kappa shape index (κ1) is 54.8. The number of benzene rings is 11. The molecule has 0 fully saturated rings. The first-order valence-electron chi connectivity index (χ1n) is 31.8. The van der Waals surface area contributed by atoms with Gasteiger partial charge in [-0.05, 0) is 242 Å². The summed E-state index contributed by atoms with van der Waals surface area (Å²) in [5.41, 5.74) is 29.8. The van der Waals surface area contributed by atoms with Crippen LogP contribution in [0.1, 0.15) is 98.2 Å². The Morgan fingerprint density at radius 2 is 0.584 bits per heavy atom. The van der Waals surface area contributed by atoms with Crippen molar-refractivity contribution in [2.24, 2.45) is 0 Å². The van der Waals surface area contributed by atoms with E-state index in [-0.39, 0.29) is 16.7 Å². The molecule has 3 aliphatic rings. The summed E-state index contributed by atoms with van der Waals surface area (Å²) in [7, 11) is 0. The van der Waals surface area contributed by atoms with Gasteiger partial charge in [-0.15, -0.1) is 22.7 Å². The maximum atomic E-state index is 2.48. The van der Waals surface area contributed by atoms with E-state index in [0.717, 1.165) is 48.4 Å². The molecule has 0 bridgehead atoms. The molecule has 0 spiro atoms. The monoisotopic (exact) mass is 1180 g/mol. The molecule has 11 aromatic carbocycles. The van der Waals surface area contributed by atoms with Gasteiger partial charge in [-0.1, -0.05) is 191 Å². The van der Waals surface area contributed by atoms with E-state index in [1.165, 1.54) is 125 Å². The third-order valence-corrected chi connectivity index (χ3v) is 22.5. The lowest BCUT2D eigenvalue weighted by Gasteiger charge is -2.31. The topological polar surface area (TPSA) is 6.48 Å². The van der Waals surface area contributed by atoms with Gasteiger partial charge in [0.1, 0.15) is 0 Å². The molecule has 3 aliphatic carbocycles. The van der Waals surface area contributed by atoms with Crippen molar-refractivity contribution in [2.45, 2.75) is 70.1 Å². The second kappa shape index (κ2) is 22.2. The summed E-state index contributed by atoms with van der Waals surface area (Å²) in [6.07, 6.45) is 4.13. The quantitative estimate of drug-likeness (QED) is 0.101. The van der Waals surface area contributed by atoms with E-state index in [9.17, 15) is 0 Å². The zero-order valence-corrected chi connectivity index (χ0v) is 52.4. The maximum absolute atomic E-state index is 2.48. The van der Waals surface area contributed by atoms with E-state index in [2.05, 4.69) is 323 Å². The van der Waals surface area contributed by atoms with Crippen LogP contribution in [0.3, 0.4) is 0 Å². The normalized spacial score (nSPS) is 13.7. The lowest BCUT2D eigenvalue weighted by molar-refractivity contribution is 0.490. The van der Waals surface area contributed by atoms with E-state index >= 15 is 0 Å². The number of hydrogen-bond donors (Lipinski definition) is 0. The van der Waals surface area contributed by atoms with Crippen molar-refractivity contribution in [3.8, 4) is 75.1 Å². The van der Waals surface area contributed by atoms with Gasteiger partial charge in [0.15, 0.2) is 0 Å². The highest BCUT2D eigenvalue weighted by atomic mass is 32.1. The van der Waals surface area contributed by atoms with Gasteiger partial charge in [0, 0.05) is 70.4 Å². The minimum atomic E-state index is -0.0719. The molecule has 13 aromatic rings. The second-order valence-corrected chi connectivity index (χ2v) is 26.5. The van der Waals surface area contributed by atoms with Crippen LogP contribution in [0.15, 0.2) is 285 Å². The molecule has 16 rings (SSSR count). The van der Waals surface area contributed by atoms with Crippen molar-refractivity contribution in [2.75, 3.05) is 9.80 Å². The minimum absolute atomic E-state index is 0.0719. The number of thiophene rings is 2. The van der Waals surface area contributed by atoms with Crippen molar-refractivity contribution < 1.29 is 0 Å². The highest BCUT2D eigenvalue weighted by Crippen LogP contribution is 2.58. The molecule has 0 saturated carbocycles. The van der Waals surface area contributed by atoms with Crippen molar-refractivity contribution in [1.29, 1.82) is 0 Å². The first-order valence-corrected chi connectivity index (χ1v) is 33.5. The fourth-order valence-corrected chi connectivity index (χ4v) is 17.7. The predicted molar refractivity (Wildman–Crippen MR) is 380 cm³/mol. The molecule has 0 radical (unpaired) electrons. The maximum Gasteiger partial charge on any atom is 0.0465 e. The lowest BCUT2D eigenvalue weighted by atomic mass is 9.73. The number of nitrogens with zero attached hydrogens (tertiary/aromatic N) is 2. The molecule has 89 heavy (non-hydrogen) atoms. The fraction of sp³-hybridized carbons (Fsp3) is 0.129. The van der Waals surface area contributed by atoms with Crippen LogP contribution in [0.5, 0.6) is 0 Å². The van der Waals surface area contributed by atoms with Gasteiger partial charge in [0.2, 0.25) is 0 Å². The van der Waals surface area contributed by atoms with Crippen LogP contribution in [-0.4, -0.2) is 0 Å². The molecule has 0 N–H and O–H groups in total. The minimum Gasteiger partial charge on any atom is -0.310 e. The molecule has 0 amide bonds. The number of rotatable bonds is 15. The molecule has 2 heterocycles. The van der Waals surface area contributed by atoms with Crippen LogP contribution in [0.2, 0.25) is 0 Å². The molecule has 430 valence electrons. The van der Waals surface area contributed by atoms with E-state index in [1.807, 2.05) is 22.7 Å². The van der Waals surface area contributed by atoms with Gasteiger partial charge >= 0.3 is 0 Å². The summed E-state index contributed by atoms with van der Waals surface area (Å²) < 4.78 is 0. The Morgan fingerprint density at radius 1 is 0.270 bits per heavy atom. The van der Waals surface area contributed by atoms with Gasteiger partial charge in [-0.2, -0.15) is 0 Å². The van der Waals surface area contributed by atoms with Gasteiger partial charge in [0.05, 0.1) is 0 Å². The standard InChI is InChI=1S/C85H68N2S2/c1-5-84(6-2)75-44-36-59(52-73(75)67-42-38-65(54-77(67)84)86(61-26-16-10-17-27-61)62-28-18-11-19-29-62)81-48-46-79(88-81)57-34-40-69-71(50-57)72-51-58(35-41-70(72)83(69)56-24-14-9-15-25-56)80-47-49-82(89-80)60-37-45-76-74(53-60)68-43-39-66(55-78(68)85(76,7-3)8-4)87(63-30-20-12-21-31-63)64-32-22-13-23-33-64/h9-55,83H,5-8H2,1-4H3. The summed E-state index contributed by atoms with van der Waals surface area (Å²) in [6, 6.07) is 107. The highest BCUT2D eigenvalue weighted by molar-refractivity contribution is 7.19. The molecule has 0 unspecified atom stereocenters. The van der Waals surface area contributed by atoms with Crippen LogP contribution in [0, 0.1) is 0 Å². The summed E-state index contributed by atoms with van der Waals surface area (Å²) in [6.45, 7) is 9.48. The Morgan fingerprint density at radius 3 is 0.921 bits per heavy atom. The summed E-state index contributed by atoms with van der Waals surface area (Å²) >= 11 is 3.80. The number of para-hydroxylation sites is 4. The van der Waals surface area contributed by atoms with Crippen molar-refractivity contribution in [1.82, 2.24) is 0 Å². The number of fused-ring (bicyclic) bond motifs is 9. The van der Waals surface area contributed by atoms with Gasteiger partial charge < -0.3 is 9.80 Å². The predicted octanol–water partition coefficient (Wildman–Crippen LogP) is 24.8. The largest absolute Gasteiger partial charge is 0.310 e. The molecule has 2 nitrogen and oxygen atoms in total. The van der Waals surface area contributed by atoms with E-state index in [0.29, 0.717) is 0 Å². The molecule has 2 aromatic heterocycles. The summed E-state index contributed by atoms with van der Waals surface area (Å²) in [5, 5.41) is 0. The molecule has 0 atom stereocenters. The molecule has 4 heteroatoms. The third-order valence-electron chi connectivity index (χ3n) is 20.2. The molecular weight excluding hydrogens is 1110 g/mol. The Kier molecular flexibility index (Phi) is 13.7. The average molecular weight is 1180 g/mol. The molecule has 0 saturated heterocycles. The average Bonchev–Trinajstić information content (AvgIpc) is 4.53. The van der Waals surface area contributed by atoms with E-state index in [1.54, 1.807) is 0 Å². The Labute approximate surface area is 532 Å².